The van der Waals surface area contributed by atoms with E-state index in [2.05, 4.69) is 36.7 Å². The Bertz CT molecular complexity index is 464. The molecule has 1 rings (SSSR count). The number of phenols is 1. The van der Waals surface area contributed by atoms with Crippen molar-refractivity contribution in [2.75, 3.05) is 0 Å². The highest BCUT2D eigenvalue weighted by Crippen LogP contribution is 2.37. The second-order valence-electron chi connectivity index (χ2n) is 5.66. The van der Waals surface area contributed by atoms with Gasteiger partial charge in [0, 0.05) is 18.0 Å². The molecule has 0 bridgehead atoms. The van der Waals surface area contributed by atoms with Crippen LogP contribution in [0.25, 0.3) is 0 Å². The molecule has 0 saturated heterocycles. The molecule has 0 unspecified atom stereocenters. The Morgan fingerprint density at radius 1 is 1.44 bits per heavy atom. The molecule has 0 spiro atoms. The molecule has 0 heterocycles. The first-order valence-corrected chi connectivity index (χ1v) is 6.70. The molecule has 1 aromatic carbocycles. The fourth-order valence-corrected chi connectivity index (χ4v) is 2.23. The summed E-state index contributed by atoms with van der Waals surface area (Å²) in [6.07, 6.45) is 0.230. The fraction of sp³-hybridized carbons (Fsp3) is 0.500. The fourth-order valence-electron chi connectivity index (χ4n) is 1.76. The standard InChI is InChI=1S/C14H20BrNO2/c1-8(17)5-12(16)10-6-9(14(2,3)4)7-11(15)13(10)18/h6-7,12,18H,5,16H2,1-4H3/t12-/m0/s1. The van der Waals surface area contributed by atoms with Gasteiger partial charge in [-0.25, -0.2) is 0 Å². The van der Waals surface area contributed by atoms with Gasteiger partial charge < -0.3 is 10.8 Å². The number of rotatable bonds is 3. The van der Waals surface area contributed by atoms with Crippen molar-refractivity contribution in [3.8, 4) is 5.75 Å². The van der Waals surface area contributed by atoms with E-state index in [1.54, 1.807) is 0 Å². The second-order valence-corrected chi connectivity index (χ2v) is 6.51. The Morgan fingerprint density at radius 2 is 2.00 bits per heavy atom. The predicted octanol–water partition coefficient (Wildman–Crippen LogP) is 3.43. The summed E-state index contributed by atoms with van der Waals surface area (Å²) in [6, 6.07) is 3.30. The average Bonchev–Trinajstić information content (AvgIpc) is 2.18. The second kappa shape index (κ2) is 5.41. The number of Topliss-reactive ketones (excluding diaryl/α,β-unsaturated/α-hetero) is 1. The first kappa shape index (κ1) is 15.2. The lowest BCUT2D eigenvalue weighted by Gasteiger charge is -2.23. The Morgan fingerprint density at radius 3 is 2.44 bits per heavy atom. The van der Waals surface area contributed by atoms with Gasteiger partial charge in [-0.15, -0.1) is 0 Å². The lowest BCUT2D eigenvalue weighted by atomic mass is 9.85. The minimum absolute atomic E-state index is 0.0131. The molecule has 1 aromatic rings. The third kappa shape index (κ3) is 3.56. The van der Waals surface area contributed by atoms with E-state index in [0.717, 1.165) is 5.56 Å². The molecule has 0 aliphatic rings. The van der Waals surface area contributed by atoms with E-state index in [4.69, 9.17) is 5.73 Å². The van der Waals surface area contributed by atoms with Gasteiger partial charge in [0.25, 0.3) is 0 Å². The van der Waals surface area contributed by atoms with Gasteiger partial charge in [-0.1, -0.05) is 20.8 Å². The van der Waals surface area contributed by atoms with Crippen LogP contribution in [0.3, 0.4) is 0 Å². The molecule has 3 nitrogen and oxygen atoms in total. The van der Waals surface area contributed by atoms with E-state index >= 15 is 0 Å². The van der Waals surface area contributed by atoms with Crippen LogP contribution in [0.2, 0.25) is 0 Å². The summed E-state index contributed by atoms with van der Waals surface area (Å²) in [6.45, 7) is 7.77. The number of aromatic hydroxyl groups is 1. The first-order valence-electron chi connectivity index (χ1n) is 5.91. The molecule has 4 heteroatoms. The topological polar surface area (TPSA) is 63.3 Å². The zero-order chi connectivity index (χ0) is 14.1. The largest absolute Gasteiger partial charge is 0.506 e. The monoisotopic (exact) mass is 313 g/mol. The zero-order valence-electron chi connectivity index (χ0n) is 11.2. The van der Waals surface area contributed by atoms with Crippen molar-refractivity contribution < 1.29 is 9.90 Å². The van der Waals surface area contributed by atoms with Crippen molar-refractivity contribution in [2.45, 2.75) is 45.6 Å². The van der Waals surface area contributed by atoms with E-state index in [9.17, 15) is 9.90 Å². The SMILES string of the molecule is CC(=O)C[C@H](N)c1cc(C(C)(C)C)cc(Br)c1O. The van der Waals surface area contributed by atoms with Crippen molar-refractivity contribution in [1.82, 2.24) is 0 Å². The third-order valence-electron chi connectivity index (χ3n) is 2.87. The number of nitrogens with two attached hydrogens (primary N) is 1. The molecule has 3 N–H and O–H groups in total. The van der Waals surface area contributed by atoms with Crippen LogP contribution in [0.5, 0.6) is 5.75 Å². The third-order valence-corrected chi connectivity index (χ3v) is 3.47. The maximum absolute atomic E-state index is 11.1. The van der Waals surface area contributed by atoms with E-state index in [1.807, 2.05) is 12.1 Å². The minimum atomic E-state index is -0.471. The average molecular weight is 314 g/mol. The van der Waals surface area contributed by atoms with Gasteiger partial charge in [0.1, 0.15) is 11.5 Å². The lowest BCUT2D eigenvalue weighted by Crippen LogP contribution is -2.17. The summed E-state index contributed by atoms with van der Waals surface area (Å²) >= 11 is 3.33. The molecule has 0 amide bonds. The van der Waals surface area contributed by atoms with Crippen LogP contribution in [0.4, 0.5) is 0 Å². The molecule has 0 fully saturated rings. The summed E-state index contributed by atoms with van der Waals surface area (Å²) in [7, 11) is 0. The summed E-state index contributed by atoms with van der Waals surface area (Å²) in [4.78, 5) is 11.1. The van der Waals surface area contributed by atoms with Gasteiger partial charge in [-0.05, 0) is 46.0 Å². The summed E-state index contributed by atoms with van der Waals surface area (Å²) in [5.74, 6) is 0.135. The number of carbonyl (C=O) groups excluding carboxylic acids is 1. The Labute approximate surface area is 117 Å². The van der Waals surface area contributed by atoms with Gasteiger partial charge in [0.2, 0.25) is 0 Å². The number of hydrogen-bond donors (Lipinski definition) is 2. The Hall–Kier alpha value is -0.870. The van der Waals surface area contributed by atoms with Crippen molar-refractivity contribution in [1.29, 1.82) is 0 Å². The van der Waals surface area contributed by atoms with Crippen molar-refractivity contribution in [3.05, 3.63) is 27.7 Å². The quantitative estimate of drug-likeness (QED) is 0.898. The number of carbonyl (C=O) groups is 1. The van der Waals surface area contributed by atoms with Crippen LogP contribution >= 0.6 is 15.9 Å². The molecule has 0 aromatic heterocycles. The van der Waals surface area contributed by atoms with Crippen LogP contribution in [0.15, 0.2) is 16.6 Å². The highest BCUT2D eigenvalue weighted by molar-refractivity contribution is 9.10. The van der Waals surface area contributed by atoms with Gasteiger partial charge in [-0.2, -0.15) is 0 Å². The highest BCUT2D eigenvalue weighted by atomic mass is 79.9. The van der Waals surface area contributed by atoms with E-state index in [0.29, 0.717) is 10.0 Å². The number of phenolic OH excluding ortho intramolecular Hbond substituents is 1. The van der Waals surface area contributed by atoms with Crippen molar-refractivity contribution >= 4 is 21.7 Å². The number of ketones is 1. The van der Waals surface area contributed by atoms with E-state index < -0.39 is 6.04 Å². The zero-order valence-corrected chi connectivity index (χ0v) is 12.8. The van der Waals surface area contributed by atoms with Crippen LogP contribution < -0.4 is 5.73 Å². The Kier molecular flexibility index (Phi) is 4.56. The molecule has 0 saturated carbocycles. The summed E-state index contributed by atoms with van der Waals surface area (Å²) in [5.41, 5.74) is 7.62. The normalized spacial score (nSPS) is 13.4. The number of halogens is 1. The molecule has 100 valence electrons. The van der Waals surface area contributed by atoms with Gasteiger partial charge in [0.05, 0.1) is 4.47 Å². The molecule has 1 atom stereocenters. The molecular formula is C14H20BrNO2. The molecular weight excluding hydrogens is 294 g/mol. The van der Waals surface area contributed by atoms with Gasteiger partial charge >= 0.3 is 0 Å². The predicted molar refractivity (Wildman–Crippen MR) is 76.7 cm³/mol. The molecule has 0 aliphatic heterocycles. The van der Waals surface area contributed by atoms with Crippen molar-refractivity contribution in [2.24, 2.45) is 5.73 Å². The van der Waals surface area contributed by atoms with Crippen LogP contribution in [-0.2, 0) is 10.2 Å². The maximum atomic E-state index is 11.1. The van der Waals surface area contributed by atoms with Crippen LogP contribution in [0.1, 0.15) is 51.3 Å². The summed E-state index contributed by atoms with van der Waals surface area (Å²) < 4.78 is 0.615. The molecule has 18 heavy (non-hydrogen) atoms. The maximum Gasteiger partial charge on any atom is 0.134 e. The first-order chi connectivity index (χ1) is 8.12. The summed E-state index contributed by atoms with van der Waals surface area (Å²) in [5, 5.41) is 10.0. The minimum Gasteiger partial charge on any atom is -0.506 e. The van der Waals surface area contributed by atoms with Crippen molar-refractivity contribution in [3.63, 3.8) is 0 Å². The highest BCUT2D eigenvalue weighted by Gasteiger charge is 2.21. The number of benzene rings is 1. The van der Waals surface area contributed by atoms with Gasteiger partial charge in [-0.3, -0.25) is 4.79 Å². The molecule has 0 aliphatic carbocycles. The van der Waals surface area contributed by atoms with E-state index in [-0.39, 0.29) is 23.4 Å². The van der Waals surface area contributed by atoms with Crippen LogP contribution in [0, 0.1) is 0 Å². The van der Waals surface area contributed by atoms with Crippen LogP contribution in [-0.4, -0.2) is 10.9 Å². The molecule has 0 radical (unpaired) electrons. The Balaban J connectivity index is 3.26. The lowest BCUT2D eigenvalue weighted by molar-refractivity contribution is -0.117. The number of hydrogen-bond acceptors (Lipinski definition) is 3. The smallest absolute Gasteiger partial charge is 0.134 e. The van der Waals surface area contributed by atoms with E-state index in [1.165, 1.54) is 6.92 Å². The van der Waals surface area contributed by atoms with Gasteiger partial charge in [0.15, 0.2) is 0 Å².